The first kappa shape index (κ1) is 7.84. The average molecular weight is 162 g/mol. The van der Waals surface area contributed by atoms with Crippen molar-refractivity contribution in [3.63, 3.8) is 0 Å². The van der Waals surface area contributed by atoms with E-state index in [0.717, 1.165) is 12.1 Å². The molecule has 1 heterocycles. The fraction of sp³-hybridized carbons (Fsp3) is 0.167. The molecule has 1 rings (SSSR count). The van der Waals surface area contributed by atoms with Crippen molar-refractivity contribution in [3.05, 3.63) is 23.8 Å². The summed E-state index contributed by atoms with van der Waals surface area (Å²) in [5.41, 5.74) is 4.18. The number of nitrogens with zero attached hydrogens (tertiary/aromatic N) is 1. The molecule has 0 aliphatic heterocycles. The zero-order valence-electron chi connectivity index (χ0n) is 5.39. The van der Waals surface area contributed by atoms with Crippen molar-refractivity contribution in [1.82, 2.24) is 4.98 Å². The first-order valence-electron chi connectivity index (χ1n) is 2.81. The van der Waals surface area contributed by atoms with Crippen LogP contribution < -0.4 is 5.73 Å². The van der Waals surface area contributed by atoms with E-state index in [1.165, 1.54) is 0 Å². The molecule has 0 aromatic carbocycles. The van der Waals surface area contributed by atoms with E-state index in [0.29, 0.717) is 0 Å². The first-order chi connectivity index (χ1) is 5.11. The molecule has 0 radical (unpaired) electrons. The molecule has 0 atom stereocenters. The number of hydrogen-bond donors (Lipinski definition) is 1. The Kier molecular flexibility index (Phi) is 1.98. The predicted octanol–water partition coefficient (Wildman–Crippen LogP) is 1.74. The minimum absolute atomic E-state index is 0.193. The molecule has 0 fully saturated rings. The van der Waals surface area contributed by atoms with Gasteiger partial charge < -0.3 is 5.73 Å². The van der Waals surface area contributed by atoms with Crippen LogP contribution in [0.15, 0.2) is 12.1 Å². The number of rotatable bonds is 1. The molecular formula is C6H5F3N2. The molecule has 0 aliphatic carbocycles. The Balaban J connectivity index is 3.13. The van der Waals surface area contributed by atoms with E-state index < -0.39 is 18.1 Å². The smallest absolute Gasteiger partial charge is 0.282 e. The van der Waals surface area contributed by atoms with Gasteiger partial charge in [-0.2, -0.15) is 4.39 Å². The Hall–Kier alpha value is -1.26. The van der Waals surface area contributed by atoms with E-state index in [1.807, 2.05) is 0 Å². The molecule has 2 N–H and O–H groups in total. The summed E-state index contributed by atoms with van der Waals surface area (Å²) >= 11 is 0. The molecule has 0 spiro atoms. The molecule has 2 nitrogen and oxygen atoms in total. The van der Waals surface area contributed by atoms with Crippen molar-refractivity contribution in [2.24, 2.45) is 0 Å². The van der Waals surface area contributed by atoms with Gasteiger partial charge in [-0.1, -0.05) is 0 Å². The second-order valence-electron chi connectivity index (χ2n) is 1.91. The van der Waals surface area contributed by atoms with Gasteiger partial charge in [0.05, 0.1) is 5.69 Å². The van der Waals surface area contributed by atoms with Crippen LogP contribution in [0.5, 0.6) is 0 Å². The fourth-order valence-corrected chi connectivity index (χ4v) is 0.636. The number of anilines is 1. The SMILES string of the molecule is Nc1ccc(F)nc1C(F)F. The Labute approximate surface area is 60.9 Å². The molecule has 0 amide bonds. The number of halogens is 3. The summed E-state index contributed by atoms with van der Waals surface area (Å²) in [5.74, 6) is -0.950. The van der Waals surface area contributed by atoms with Crippen LogP contribution in [0.2, 0.25) is 0 Å². The summed E-state index contributed by atoms with van der Waals surface area (Å²) in [5, 5.41) is 0. The van der Waals surface area contributed by atoms with E-state index >= 15 is 0 Å². The maximum absolute atomic E-state index is 12.2. The normalized spacial score (nSPS) is 10.5. The Morgan fingerprint density at radius 2 is 2.00 bits per heavy atom. The van der Waals surface area contributed by atoms with Gasteiger partial charge in [0.1, 0.15) is 5.69 Å². The van der Waals surface area contributed by atoms with Gasteiger partial charge in [-0.05, 0) is 12.1 Å². The molecule has 60 valence electrons. The summed E-state index contributed by atoms with van der Waals surface area (Å²) in [4.78, 5) is 2.93. The van der Waals surface area contributed by atoms with Crippen molar-refractivity contribution < 1.29 is 13.2 Å². The number of pyridine rings is 1. The molecular weight excluding hydrogens is 157 g/mol. The van der Waals surface area contributed by atoms with E-state index in [2.05, 4.69) is 4.98 Å². The molecule has 0 aliphatic rings. The summed E-state index contributed by atoms with van der Waals surface area (Å²) in [6, 6.07) is 1.99. The van der Waals surface area contributed by atoms with Gasteiger partial charge in [-0.15, -0.1) is 0 Å². The van der Waals surface area contributed by atoms with Crippen LogP contribution in [0.3, 0.4) is 0 Å². The van der Waals surface area contributed by atoms with Crippen LogP contribution in [0.25, 0.3) is 0 Å². The van der Waals surface area contributed by atoms with Gasteiger partial charge in [0.25, 0.3) is 6.43 Å². The average Bonchev–Trinajstić information content (AvgIpc) is 1.94. The quantitative estimate of drug-likeness (QED) is 0.639. The Morgan fingerprint density at radius 3 is 2.45 bits per heavy atom. The summed E-state index contributed by atoms with van der Waals surface area (Å²) in [6.45, 7) is 0. The highest BCUT2D eigenvalue weighted by Gasteiger charge is 2.13. The summed E-state index contributed by atoms with van der Waals surface area (Å²) in [7, 11) is 0. The van der Waals surface area contributed by atoms with Crippen LogP contribution in [0.4, 0.5) is 18.9 Å². The van der Waals surface area contributed by atoms with Gasteiger partial charge in [-0.3, -0.25) is 0 Å². The number of nitrogen functional groups attached to an aromatic ring is 1. The lowest BCUT2D eigenvalue weighted by Gasteiger charge is -2.01. The summed E-state index contributed by atoms with van der Waals surface area (Å²) in [6.07, 6.45) is -2.83. The van der Waals surface area contributed by atoms with Crippen LogP contribution in [-0.4, -0.2) is 4.98 Å². The number of aromatic nitrogens is 1. The predicted molar refractivity (Wildman–Crippen MR) is 33.6 cm³/mol. The van der Waals surface area contributed by atoms with Gasteiger partial charge in [-0.25, -0.2) is 13.8 Å². The van der Waals surface area contributed by atoms with Crippen LogP contribution in [0, 0.1) is 5.95 Å². The van der Waals surface area contributed by atoms with Crippen molar-refractivity contribution in [1.29, 1.82) is 0 Å². The standard InChI is InChI=1S/C6H5F3N2/c7-4-2-1-3(10)5(11-4)6(8)9/h1-2,6H,10H2. The third-order valence-corrected chi connectivity index (χ3v) is 1.13. The van der Waals surface area contributed by atoms with Gasteiger partial charge in [0.2, 0.25) is 5.95 Å². The van der Waals surface area contributed by atoms with Crippen molar-refractivity contribution in [3.8, 4) is 0 Å². The van der Waals surface area contributed by atoms with Crippen LogP contribution in [0.1, 0.15) is 12.1 Å². The maximum atomic E-state index is 12.2. The maximum Gasteiger partial charge on any atom is 0.282 e. The molecule has 0 saturated carbocycles. The van der Waals surface area contributed by atoms with Crippen molar-refractivity contribution in [2.75, 3.05) is 5.73 Å². The van der Waals surface area contributed by atoms with Gasteiger partial charge >= 0.3 is 0 Å². The highest BCUT2D eigenvalue weighted by molar-refractivity contribution is 5.42. The topological polar surface area (TPSA) is 38.9 Å². The number of nitrogens with two attached hydrogens (primary N) is 1. The lowest BCUT2D eigenvalue weighted by Crippen LogP contribution is -1.99. The zero-order valence-corrected chi connectivity index (χ0v) is 5.39. The largest absolute Gasteiger partial charge is 0.397 e. The summed E-state index contributed by atoms with van der Waals surface area (Å²) < 4.78 is 36.0. The lowest BCUT2D eigenvalue weighted by molar-refractivity contribution is 0.146. The number of alkyl halides is 2. The highest BCUT2D eigenvalue weighted by atomic mass is 19.3. The monoisotopic (exact) mass is 162 g/mol. The van der Waals surface area contributed by atoms with E-state index in [9.17, 15) is 13.2 Å². The zero-order chi connectivity index (χ0) is 8.43. The van der Waals surface area contributed by atoms with Crippen molar-refractivity contribution in [2.45, 2.75) is 6.43 Å². The first-order valence-corrected chi connectivity index (χ1v) is 2.81. The molecule has 0 bridgehead atoms. The third kappa shape index (κ3) is 1.60. The second kappa shape index (κ2) is 2.77. The van der Waals surface area contributed by atoms with Gasteiger partial charge in [0.15, 0.2) is 0 Å². The number of hydrogen-bond acceptors (Lipinski definition) is 2. The molecule has 11 heavy (non-hydrogen) atoms. The van der Waals surface area contributed by atoms with E-state index in [-0.39, 0.29) is 5.69 Å². The highest BCUT2D eigenvalue weighted by Crippen LogP contribution is 2.22. The minimum Gasteiger partial charge on any atom is -0.397 e. The Morgan fingerprint density at radius 1 is 1.36 bits per heavy atom. The van der Waals surface area contributed by atoms with Crippen LogP contribution >= 0.6 is 0 Å². The van der Waals surface area contributed by atoms with Gasteiger partial charge in [0, 0.05) is 0 Å². The van der Waals surface area contributed by atoms with Crippen molar-refractivity contribution >= 4 is 5.69 Å². The Bertz CT molecular complexity index is 262. The van der Waals surface area contributed by atoms with E-state index in [1.54, 1.807) is 0 Å². The van der Waals surface area contributed by atoms with E-state index in [4.69, 9.17) is 5.73 Å². The third-order valence-electron chi connectivity index (χ3n) is 1.13. The molecule has 0 unspecified atom stereocenters. The molecule has 5 heteroatoms. The molecule has 1 aromatic heterocycles. The van der Waals surface area contributed by atoms with Crippen LogP contribution in [-0.2, 0) is 0 Å². The molecule has 1 aromatic rings. The minimum atomic E-state index is -2.83. The second-order valence-corrected chi connectivity index (χ2v) is 1.91. The lowest BCUT2D eigenvalue weighted by atomic mass is 10.3. The fourth-order valence-electron chi connectivity index (χ4n) is 0.636. The molecule has 0 saturated heterocycles.